The molecular formula is C16H18FNS. The summed E-state index contributed by atoms with van der Waals surface area (Å²) in [5, 5.41) is 3.19. The lowest BCUT2D eigenvalue weighted by molar-refractivity contribution is 0.586. The van der Waals surface area contributed by atoms with Gasteiger partial charge in [-0.1, -0.05) is 42.4 Å². The first-order valence-electron chi connectivity index (χ1n) is 6.43. The summed E-state index contributed by atoms with van der Waals surface area (Å²) < 4.78 is 13.9. The average Bonchev–Trinajstić information content (AvgIpc) is 2.38. The highest BCUT2D eigenvalue weighted by Crippen LogP contribution is 2.32. The summed E-state index contributed by atoms with van der Waals surface area (Å²) in [6.45, 7) is 5.49. The van der Waals surface area contributed by atoms with Gasteiger partial charge in [-0.2, -0.15) is 0 Å². The topological polar surface area (TPSA) is 12.0 Å². The zero-order valence-corrected chi connectivity index (χ0v) is 12.1. The van der Waals surface area contributed by atoms with E-state index >= 15 is 0 Å². The Labute approximate surface area is 118 Å². The molecule has 0 aromatic heterocycles. The van der Waals surface area contributed by atoms with E-state index in [2.05, 4.69) is 30.4 Å². The molecule has 3 heteroatoms. The van der Waals surface area contributed by atoms with E-state index in [0.29, 0.717) is 6.54 Å². The second-order valence-corrected chi connectivity index (χ2v) is 5.53. The molecule has 0 bridgehead atoms. The van der Waals surface area contributed by atoms with Crippen LogP contribution in [0.25, 0.3) is 0 Å². The molecule has 0 unspecified atom stereocenters. The highest BCUT2D eigenvalue weighted by atomic mass is 32.2. The largest absolute Gasteiger partial charge is 0.313 e. The molecule has 0 fully saturated rings. The minimum Gasteiger partial charge on any atom is -0.313 e. The summed E-state index contributed by atoms with van der Waals surface area (Å²) in [4.78, 5) is 2.12. The molecule has 1 nitrogen and oxygen atoms in total. The van der Waals surface area contributed by atoms with Crippen LogP contribution >= 0.6 is 11.8 Å². The van der Waals surface area contributed by atoms with E-state index in [4.69, 9.17) is 0 Å². The third-order valence-electron chi connectivity index (χ3n) is 2.84. The summed E-state index contributed by atoms with van der Waals surface area (Å²) >= 11 is 1.61. The molecule has 0 saturated heterocycles. The fourth-order valence-electron chi connectivity index (χ4n) is 1.86. The van der Waals surface area contributed by atoms with Gasteiger partial charge >= 0.3 is 0 Å². The van der Waals surface area contributed by atoms with Gasteiger partial charge in [-0.15, -0.1) is 0 Å². The van der Waals surface area contributed by atoms with Crippen LogP contribution in [0.2, 0.25) is 0 Å². The second-order valence-electron chi connectivity index (χ2n) is 4.42. The number of benzene rings is 2. The number of nitrogens with one attached hydrogen (secondary N) is 1. The molecule has 0 saturated carbocycles. The molecule has 0 amide bonds. The Morgan fingerprint density at radius 2 is 1.95 bits per heavy atom. The van der Waals surface area contributed by atoms with Gasteiger partial charge in [0.05, 0.1) is 0 Å². The van der Waals surface area contributed by atoms with E-state index in [9.17, 15) is 4.39 Å². The fourth-order valence-corrected chi connectivity index (χ4v) is 2.95. The molecule has 0 radical (unpaired) electrons. The van der Waals surface area contributed by atoms with Crippen molar-refractivity contribution in [3.63, 3.8) is 0 Å². The summed E-state index contributed by atoms with van der Waals surface area (Å²) in [5.41, 5.74) is 1.96. The molecule has 2 aromatic carbocycles. The van der Waals surface area contributed by atoms with Crippen molar-refractivity contribution in [3.05, 3.63) is 59.4 Å². The third-order valence-corrected chi connectivity index (χ3v) is 3.94. The van der Waals surface area contributed by atoms with Crippen molar-refractivity contribution in [2.75, 3.05) is 6.54 Å². The normalized spacial score (nSPS) is 10.7. The van der Waals surface area contributed by atoms with Gasteiger partial charge in [0.15, 0.2) is 0 Å². The van der Waals surface area contributed by atoms with Crippen molar-refractivity contribution in [3.8, 4) is 0 Å². The molecule has 0 spiro atoms. The van der Waals surface area contributed by atoms with Gasteiger partial charge in [-0.3, -0.25) is 0 Å². The van der Waals surface area contributed by atoms with E-state index in [0.717, 1.165) is 21.9 Å². The van der Waals surface area contributed by atoms with E-state index in [1.165, 1.54) is 11.6 Å². The molecular weight excluding hydrogens is 257 g/mol. The van der Waals surface area contributed by atoms with Crippen molar-refractivity contribution in [2.45, 2.75) is 30.2 Å². The van der Waals surface area contributed by atoms with Crippen LogP contribution in [0.15, 0.2) is 52.3 Å². The van der Waals surface area contributed by atoms with Gasteiger partial charge in [0.1, 0.15) is 5.82 Å². The smallest absolute Gasteiger partial charge is 0.128 e. The molecule has 19 heavy (non-hydrogen) atoms. The molecule has 100 valence electrons. The number of hydrogen-bond acceptors (Lipinski definition) is 2. The average molecular weight is 275 g/mol. The SMILES string of the molecule is CCNCc1c(F)cccc1Sc1cccc(C)c1. The third kappa shape index (κ3) is 3.82. The Hall–Kier alpha value is -1.32. The van der Waals surface area contributed by atoms with E-state index < -0.39 is 0 Å². The van der Waals surface area contributed by atoms with Crippen LogP contribution in [0.4, 0.5) is 4.39 Å². The molecule has 0 aliphatic carbocycles. The highest BCUT2D eigenvalue weighted by molar-refractivity contribution is 7.99. The molecule has 0 atom stereocenters. The Morgan fingerprint density at radius 3 is 2.68 bits per heavy atom. The summed E-state index contributed by atoms with van der Waals surface area (Å²) in [6, 6.07) is 13.5. The molecule has 0 aliphatic heterocycles. The molecule has 0 aliphatic rings. The first-order valence-corrected chi connectivity index (χ1v) is 7.25. The maximum atomic E-state index is 13.9. The second kappa shape index (κ2) is 6.73. The van der Waals surface area contributed by atoms with Crippen molar-refractivity contribution >= 4 is 11.8 Å². The van der Waals surface area contributed by atoms with Crippen LogP contribution in [-0.4, -0.2) is 6.54 Å². The minimum absolute atomic E-state index is 0.140. The monoisotopic (exact) mass is 275 g/mol. The van der Waals surface area contributed by atoms with Gasteiger partial charge < -0.3 is 5.32 Å². The van der Waals surface area contributed by atoms with Crippen LogP contribution in [0.1, 0.15) is 18.1 Å². The molecule has 1 N–H and O–H groups in total. The van der Waals surface area contributed by atoms with Crippen LogP contribution in [0, 0.1) is 12.7 Å². The van der Waals surface area contributed by atoms with E-state index in [1.807, 2.05) is 19.1 Å². The molecule has 2 aromatic rings. The van der Waals surface area contributed by atoms with Gasteiger partial charge in [0.25, 0.3) is 0 Å². The summed E-state index contributed by atoms with van der Waals surface area (Å²) in [5.74, 6) is -0.140. The van der Waals surface area contributed by atoms with Crippen molar-refractivity contribution < 1.29 is 4.39 Å². The van der Waals surface area contributed by atoms with Crippen LogP contribution in [0.5, 0.6) is 0 Å². The first-order chi connectivity index (χ1) is 9.20. The lowest BCUT2D eigenvalue weighted by atomic mass is 10.2. The predicted octanol–water partition coefficient (Wildman–Crippen LogP) is 4.39. The van der Waals surface area contributed by atoms with Gasteiger partial charge in [-0.05, 0) is 37.7 Å². The standard InChI is InChI=1S/C16H18FNS/c1-3-18-11-14-15(17)8-5-9-16(14)19-13-7-4-6-12(2)10-13/h4-10,18H,3,11H2,1-2H3. The lowest BCUT2D eigenvalue weighted by Gasteiger charge is -2.11. The Balaban J connectivity index is 2.26. The zero-order valence-electron chi connectivity index (χ0n) is 11.2. The summed E-state index contributed by atoms with van der Waals surface area (Å²) in [7, 11) is 0. The van der Waals surface area contributed by atoms with Crippen LogP contribution < -0.4 is 5.32 Å². The Morgan fingerprint density at radius 1 is 1.16 bits per heavy atom. The fraction of sp³-hybridized carbons (Fsp3) is 0.250. The van der Waals surface area contributed by atoms with Crippen molar-refractivity contribution in [2.24, 2.45) is 0 Å². The Kier molecular flexibility index (Phi) is 5.00. The quantitative estimate of drug-likeness (QED) is 0.868. The summed E-state index contributed by atoms with van der Waals surface area (Å²) in [6.07, 6.45) is 0. The highest BCUT2D eigenvalue weighted by Gasteiger charge is 2.09. The maximum absolute atomic E-state index is 13.9. The van der Waals surface area contributed by atoms with E-state index in [-0.39, 0.29) is 5.82 Å². The maximum Gasteiger partial charge on any atom is 0.128 e. The van der Waals surface area contributed by atoms with Crippen molar-refractivity contribution in [1.82, 2.24) is 5.32 Å². The van der Waals surface area contributed by atoms with Crippen LogP contribution in [0.3, 0.4) is 0 Å². The molecule has 0 heterocycles. The predicted molar refractivity (Wildman–Crippen MR) is 79.1 cm³/mol. The number of aryl methyl sites for hydroxylation is 1. The van der Waals surface area contributed by atoms with Crippen molar-refractivity contribution in [1.29, 1.82) is 0 Å². The molecule has 2 rings (SSSR count). The Bertz CT molecular complexity index is 554. The number of halogens is 1. The van der Waals surface area contributed by atoms with Crippen LogP contribution in [-0.2, 0) is 6.54 Å². The van der Waals surface area contributed by atoms with Gasteiger partial charge in [0.2, 0.25) is 0 Å². The van der Waals surface area contributed by atoms with Gasteiger partial charge in [0, 0.05) is 21.9 Å². The number of hydrogen-bond donors (Lipinski definition) is 1. The zero-order chi connectivity index (χ0) is 13.7. The minimum atomic E-state index is -0.140. The number of rotatable bonds is 5. The van der Waals surface area contributed by atoms with E-state index in [1.54, 1.807) is 17.8 Å². The lowest BCUT2D eigenvalue weighted by Crippen LogP contribution is -2.13. The first kappa shape index (κ1) is 14.1. The van der Waals surface area contributed by atoms with Gasteiger partial charge in [-0.25, -0.2) is 4.39 Å².